The molecule has 1 aliphatic heterocycles. The fourth-order valence-electron chi connectivity index (χ4n) is 5.72. The second kappa shape index (κ2) is 8.92. The van der Waals surface area contributed by atoms with Crippen LogP contribution in [0.3, 0.4) is 0 Å². The Morgan fingerprint density at radius 3 is 2.46 bits per heavy atom. The van der Waals surface area contributed by atoms with E-state index in [0.717, 1.165) is 18.2 Å². The molecule has 1 saturated carbocycles. The molecule has 6 nitrogen and oxygen atoms in total. The highest BCUT2D eigenvalue weighted by Crippen LogP contribution is 2.45. The lowest BCUT2D eigenvalue weighted by molar-refractivity contribution is -0.136. The number of imidazole rings is 1. The predicted octanol–water partition coefficient (Wildman–Crippen LogP) is 4.83. The molecule has 0 spiro atoms. The average molecular weight is 526 g/mol. The second-order valence-electron chi connectivity index (χ2n) is 10.7. The summed E-state index contributed by atoms with van der Waals surface area (Å²) in [4.78, 5) is 4.17. The minimum atomic E-state index is -4.66. The normalized spacial score (nSPS) is 30.4. The average Bonchev–Trinajstić information content (AvgIpc) is 3.19. The Morgan fingerprint density at radius 1 is 1.08 bits per heavy atom. The number of hydrogen-bond acceptors (Lipinski definition) is 5. The predicted molar refractivity (Wildman–Crippen MR) is 125 cm³/mol. The fraction of sp³-hybridized carbons (Fsp3) is 0.500. The number of ether oxygens (including phenoxy) is 1. The second-order valence-corrected chi connectivity index (χ2v) is 10.7. The monoisotopic (exact) mass is 525 g/mol. The quantitative estimate of drug-likeness (QED) is 0.416. The maximum atomic E-state index is 14.0. The summed E-state index contributed by atoms with van der Waals surface area (Å²) in [6.45, 7) is 3.40. The number of benzene rings is 2. The van der Waals surface area contributed by atoms with Gasteiger partial charge in [-0.15, -0.1) is 0 Å². The molecule has 3 aromatic rings. The van der Waals surface area contributed by atoms with Gasteiger partial charge < -0.3 is 24.8 Å². The van der Waals surface area contributed by atoms with Crippen molar-refractivity contribution < 1.29 is 36.9 Å². The van der Waals surface area contributed by atoms with Gasteiger partial charge in [-0.05, 0) is 63.3 Å². The Balaban J connectivity index is 1.37. The summed E-state index contributed by atoms with van der Waals surface area (Å²) in [6, 6.07) is 4.65. The van der Waals surface area contributed by atoms with Crippen LogP contribution in [-0.2, 0) is 11.8 Å². The number of rotatable bonds is 5. The van der Waals surface area contributed by atoms with E-state index in [4.69, 9.17) is 4.74 Å². The summed E-state index contributed by atoms with van der Waals surface area (Å²) in [5, 5.41) is 24.5. The number of aromatic nitrogens is 2. The first-order valence-corrected chi connectivity index (χ1v) is 12.1. The van der Waals surface area contributed by atoms with Gasteiger partial charge in [0, 0.05) is 24.2 Å². The summed E-state index contributed by atoms with van der Waals surface area (Å²) < 4.78 is 76.5. The van der Waals surface area contributed by atoms with Crippen molar-refractivity contribution in [3.8, 4) is 5.75 Å². The molecule has 5 rings (SSSR count). The Morgan fingerprint density at radius 2 is 1.81 bits per heavy atom. The maximum absolute atomic E-state index is 14.0. The minimum absolute atomic E-state index is 0.0259. The Hall–Kier alpha value is -2.76. The highest BCUT2D eigenvalue weighted by atomic mass is 19.4. The highest BCUT2D eigenvalue weighted by Gasteiger charge is 2.43. The molecule has 2 fully saturated rings. The molecule has 0 unspecified atom stereocenters. The molecule has 3 atom stereocenters. The molecule has 11 heteroatoms. The van der Waals surface area contributed by atoms with E-state index >= 15 is 0 Å². The van der Waals surface area contributed by atoms with Crippen molar-refractivity contribution in [3.63, 3.8) is 0 Å². The molecular formula is C26H28F5N3O3. The van der Waals surface area contributed by atoms with E-state index in [9.17, 15) is 32.2 Å². The molecule has 3 N–H and O–H groups in total. The van der Waals surface area contributed by atoms with Crippen LogP contribution < -0.4 is 10.1 Å². The first-order valence-electron chi connectivity index (χ1n) is 12.1. The van der Waals surface area contributed by atoms with E-state index < -0.39 is 40.6 Å². The third-order valence-electron chi connectivity index (χ3n) is 7.35. The Bertz CT molecular complexity index is 1320. The number of halogens is 5. The fourth-order valence-corrected chi connectivity index (χ4v) is 5.72. The van der Waals surface area contributed by atoms with Crippen molar-refractivity contribution in [2.75, 3.05) is 6.61 Å². The third-order valence-corrected chi connectivity index (χ3v) is 7.35. The highest BCUT2D eigenvalue weighted by molar-refractivity contribution is 5.82. The SMILES string of the molecule is C[C@H]1C[C@@](O)(c2ccc(F)c(F)c2)C[C@@H](COc2cc(C(F)(F)F)c3c(c2)ncn3C2CC(C)(O)C2)N1. The molecule has 200 valence electrons. The molecular weight excluding hydrogens is 497 g/mol. The molecule has 2 aromatic carbocycles. The van der Waals surface area contributed by atoms with Gasteiger partial charge in [-0.2, -0.15) is 13.2 Å². The molecule has 1 aromatic heterocycles. The lowest BCUT2D eigenvalue weighted by atomic mass is 9.77. The molecule has 37 heavy (non-hydrogen) atoms. The van der Waals surface area contributed by atoms with Crippen LogP contribution in [0.1, 0.15) is 56.7 Å². The number of nitrogens with one attached hydrogen (secondary N) is 1. The number of piperidine rings is 1. The third kappa shape index (κ3) is 5.04. The zero-order valence-electron chi connectivity index (χ0n) is 20.3. The van der Waals surface area contributed by atoms with Crippen LogP contribution in [0.25, 0.3) is 11.0 Å². The Labute approximate surface area is 210 Å². The van der Waals surface area contributed by atoms with E-state index in [2.05, 4.69) is 10.3 Å². The number of aliphatic hydroxyl groups is 2. The first-order chi connectivity index (χ1) is 17.2. The van der Waals surface area contributed by atoms with Gasteiger partial charge in [0.2, 0.25) is 0 Å². The van der Waals surface area contributed by atoms with Crippen LogP contribution in [0, 0.1) is 11.6 Å². The van der Waals surface area contributed by atoms with E-state index in [1.165, 1.54) is 23.0 Å². The van der Waals surface area contributed by atoms with Crippen LogP contribution in [-0.4, -0.2) is 44.1 Å². The topological polar surface area (TPSA) is 79.5 Å². The zero-order valence-corrected chi connectivity index (χ0v) is 20.3. The zero-order chi connectivity index (χ0) is 26.8. The van der Waals surface area contributed by atoms with Crippen molar-refractivity contribution in [3.05, 3.63) is 59.4 Å². The summed E-state index contributed by atoms with van der Waals surface area (Å²) >= 11 is 0. The summed E-state index contributed by atoms with van der Waals surface area (Å²) in [6.07, 6.45) is -2.31. The maximum Gasteiger partial charge on any atom is 0.418 e. The lowest BCUT2D eigenvalue weighted by Crippen LogP contribution is -2.53. The van der Waals surface area contributed by atoms with Gasteiger partial charge in [0.15, 0.2) is 11.6 Å². The summed E-state index contributed by atoms with van der Waals surface area (Å²) in [5.41, 5.74) is -2.96. The summed E-state index contributed by atoms with van der Waals surface area (Å²) in [7, 11) is 0. The van der Waals surface area contributed by atoms with Crippen LogP contribution in [0.15, 0.2) is 36.7 Å². The number of hydrogen-bond donors (Lipinski definition) is 3. The molecule has 0 radical (unpaired) electrons. The van der Waals surface area contributed by atoms with Crippen LogP contribution in [0.5, 0.6) is 5.75 Å². The summed E-state index contributed by atoms with van der Waals surface area (Å²) in [5.74, 6) is -2.11. The standard InChI is InChI=1S/C26H28F5N3O3/c1-14-8-25(36,15-3-4-20(27)21(28)5-15)9-16(33-14)12-37-18-6-19(26(29,30)31)23-22(7-18)32-13-34(23)17-10-24(2,35)11-17/h3-7,13-14,16-17,33,35-36H,8-12H2,1-2H3/t14-,16-,17?,24?,25-/m0/s1. The van der Waals surface area contributed by atoms with Gasteiger partial charge in [0.05, 0.1) is 34.1 Å². The van der Waals surface area contributed by atoms with Gasteiger partial charge in [-0.3, -0.25) is 0 Å². The molecule has 0 amide bonds. The lowest BCUT2D eigenvalue weighted by Gasteiger charge is -2.42. The smallest absolute Gasteiger partial charge is 0.418 e. The van der Waals surface area contributed by atoms with Crippen LogP contribution in [0.4, 0.5) is 22.0 Å². The van der Waals surface area contributed by atoms with Gasteiger partial charge in [0.25, 0.3) is 0 Å². The van der Waals surface area contributed by atoms with Gasteiger partial charge in [0.1, 0.15) is 12.4 Å². The van der Waals surface area contributed by atoms with Crippen molar-refractivity contribution >= 4 is 11.0 Å². The van der Waals surface area contributed by atoms with Crippen molar-refractivity contribution in [2.24, 2.45) is 0 Å². The number of fused-ring (bicyclic) bond motifs is 1. The van der Waals surface area contributed by atoms with Crippen molar-refractivity contribution in [1.29, 1.82) is 0 Å². The van der Waals surface area contributed by atoms with Gasteiger partial charge >= 0.3 is 6.18 Å². The van der Waals surface area contributed by atoms with E-state index in [-0.39, 0.29) is 53.9 Å². The molecule has 2 aliphatic rings. The Kier molecular flexibility index (Phi) is 6.24. The minimum Gasteiger partial charge on any atom is -0.492 e. The first kappa shape index (κ1) is 25.9. The van der Waals surface area contributed by atoms with E-state index in [1.54, 1.807) is 6.92 Å². The largest absolute Gasteiger partial charge is 0.492 e. The molecule has 2 heterocycles. The molecule has 1 aliphatic carbocycles. The van der Waals surface area contributed by atoms with E-state index in [0.29, 0.717) is 12.8 Å². The van der Waals surface area contributed by atoms with Crippen LogP contribution >= 0.6 is 0 Å². The van der Waals surface area contributed by atoms with Crippen molar-refractivity contribution in [2.45, 2.75) is 75.0 Å². The van der Waals surface area contributed by atoms with Gasteiger partial charge in [-0.1, -0.05) is 6.07 Å². The van der Waals surface area contributed by atoms with Crippen LogP contribution in [0.2, 0.25) is 0 Å². The molecule has 1 saturated heterocycles. The van der Waals surface area contributed by atoms with Gasteiger partial charge in [-0.25, -0.2) is 13.8 Å². The van der Waals surface area contributed by atoms with Crippen molar-refractivity contribution in [1.82, 2.24) is 14.9 Å². The van der Waals surface area contributed by atoms with E-state index in [1.807, 2.05) is 6.92 Å². The number of alkyl halides is 3. The molecule has 0 bridgehead atoms. The number of nitrogens with zero attached hydrogens (tertiary/aromatic N) is 2.